The first-order chi connectivity index (χ1) is 10.6. The normalized spacial score (nSPS) is 25.0. The summed E-state index contributed by atoms with van der Waals surface area (Å²) < 4.78 is 11.1. The van der Waals surface area contributed by atoms with E-state index in [1.54, 1.807) is 6.92 Å². The zero-order valence-electron chi connectivity index (χ0n) is 12.6. The lowest BCUT2D eigenvalue weighted by molar-refractivity contribution is -0.0103. The van der Waals surface area contributed by atoms with E-state index in [1.807, 2.05) is 0 Å². The molecule has 1 aliphatic carbocycles. The number of rotatable bonds is 5. The van der Waals surface area contributed by atoms with Crippen molar-refractivity contribution in [2.45, 2.75) is 51.2 Å². The molecule has 2 N–H and O–H groups in total. The van der Waals surface area contributed by atoms with E-state index in [0.717, 1.165) is 12.8 Å². The molecule has 0 radical (unpaired) electrons. The van der Waals surface area contributed by atoms with Gasteiger partial charge in [-0.1, -0.05) is 6.92 Å². The van der Waals surface area contributed by atoms with E-state index in [2.05, 4.69) is 5.32 Å². The summed E-state index contributed by atoms with van der Waals surface area (Å²) in [6.07, 6.45) is 4.72. The maximum absolute atomic E-state index is 12.3. The smallest absolute Gasteiger partial charge is 0.339 e. The van der Waals surface area contributed by atoms with Gasteiger partial charge in [0.05, 0.1) is 6.10 Å². The summed E-state index contributed by atoms with van der Waals surface area (Å²) in [4.78, 5) is 23.4. The lowest BCUT2D eigenvalue weighted by atomic mass is 10.00. The molecule has 0 aromatic carbocycles. The van der Waals surface area contributed by atoms with Crippen molar-refractivity contribution in [2.75, 3.05) is 6.61 Å². The Labute approximate surface area is 128 Å². The highest BCUT2D eigenvalue weighted by molar-refractivity contribution is 5.96. The van der Waals surface area contributed by atoms with E-state index < -0.39 is 5.97 Å². The van der Waals surface area contributed by atoms with Crippen LogP contribution < -0.4 is 5.32 Å². The topological polar surface area (TPSA) is 88.8 Å². The number of nitrogens with one attached hydrogen (secondary N) is 1. The van der Waals surface area contributed by atoms with E-state index in [0.29, 0.717) is 24.7 Å². The molecule has 1 aromatic heterocycles. The second kappa shape index (κ2) is 6.12. The molecule has 2 unspecified atom stereocenters. The summed E-state index contributed by atoms with van der Waals surface area (Å²) in [5.41, 5.74) is 0.0653. The van der Waals surface area contributed by atoms with Gasteiger partial charge >= 0.3 is 5.97 Å². The van der Waals surface area contributed by atoms with Crippen molar-refractivity contribution < 1.29 is 23.8 Å². The van der Waals surface area contributed by atoms with Crippen molar-refractivity contribution in [3.63, 3.8) is 0 Å². The first-order valence-electron chi connectivity index (χ1n) is 7.87. The summed E-state index contributed by atoms with van der Waals surface area (Å²) in [6.45, 7) is 2.45. The fourth-order valence-corrected chi connectivity index (χ4v) is 3.00. The largest absolute Gasteiger partial charge is 0.478 e. The summed E-state index contributed by atoms with van der Waals surface area (Å²) in [6, 6.07) is 1.38. The molecule has 0 spiro atoms. The molecule has 0 bridgehead atoms. The lowest BCUT2D eigenvalue weighted by Gasteiger charge is -2.30. The van der Waals surface area contributed by atoms with E-state index in [-0.39, 0.29) is 29.4 Å². The van der Waals surface area contributed by atoms with Gasteiger partial charge in [0.25, 0.3) is 5.91 Å². The number of aromatic carboxylic acids is 1. The molecule has 1 saturated carbocycles. The Morgan fingerprint density at radius 2 is 2.14 bits per heavy atom. The van der Waals surface area contributed by atoms with Gasteiger partial charge in [0.1, 0.15) is 11.3 Å². The first-order valence-corrected chi connectivity index (χ1v) is 7.87. The first kappa shape index (κ1) is 15.1. The Bertz CT molecular complexity index is 575. The van der Waals surface area contributed by atoms with Crippen LogP contribution in [0.3, 0.4) is 0 Å². The zero-order chi connectivity index (χ0) is 15.7. The average Bonchev–Trinajstić information content (AvgIpc) is 3.25. The molecule has 22 heavy (non-hydrogen) atoms. The number of furan rings is 1. The predicted octanol–water partition coefficient (Wildman–Crippen LogP) is 2.23. The van der Waals surface area contributed by atoms with E-state index in [9.17, 15) is 9.59 Å². The van der Waals surface area contributed by atoms with Crippen LogP contribution in [0, 0.1) is 5.92 Å². The molecule has 6 nitrogen and oxygen atoms in total. The van der Waals surface area contributed by atoms with Crippen LogP contribution in [0.4, 0.5) is 0 Å². The van der Waals surface area contributed by atoms with Crippen LogP contribution in [0.1, 0.15) is 59.3 Å². The van der Waals surface area contributed by atoms with Crippen LogP contribution >= 0.6 is 0 Å². The molecule has 6 heteroatoms. The van der Waals surface area contributed by atoms with Gasteiger partial charge in [-0.3, -0.25) is 4.79 Å². The number of carbonyl (C=O) groups excluding carboxylic acids is 1. The van der Waals surface area contributed by atoms with Gasteiger partial charge in [-0.25, -0.2) is 4.79 Å². The summed E-state index contributed by atoms with van der Waals surface area (Å²) in [7, 11) is 0. The van der Waals surface area contributed by atoms with Gasteiger partial charge in [-0.2, -0.15) is 0 Å². The monoisotopic (exact) mass is 307 g/mol. The summed E-state index contributed by atoms with van der Waals surface area (Å²) in [5.74, 6) is -0.360. The Kier molecular flexibility index (Phi) is 4.20. The van der Waals surface area contributed by atoms with Crippen molar-refractivity contribution in [2.24, 2.45) is 5.92 Å². The second-order valence-electron chi connectivity index (χ2n) is 6.05. The van der Waals surface area contributed by atoms with E-state index in [1.165, 1.54) is 18.9 Å². The third-order valence-corrected chi connectivity index (χ3v) is 4.38. The van der Waals surface area contributed by atoms with Crippen molar-refractivity contribution >= 4 is 11.9 Å². The molecule has 2 fully saturated rings. The number of aryl methyl sites for hydroxylation is 1. The molecule has 1 aromatic rings. The summed E-state index contributed by atoms with van der Waals surface area (Å²) >= 11 is 0. The number of carbonyl (C=O) groups is 2. The maximum atomic E-state index is 12.3. The Morgan fingerprint density at radius 3 is 2.73 bits per heavy atom. The zero-order valence-corrected chi connectivity index (χ0v) is 12.6. The minimum atomic E-state index is -1.07. The average molecular weight is 307 g/mol. The molecule has 1 saturated heterocycles. The number of carboxylic acids is 1. The van der Waals surface area contributed by atoms with Crippen molar-refractivity contribution in [1.82, 2.24) is 5.32 Å². The molecule has 2 heterocycles. The third-order valence-electron chi connectivity index (χ3n) is 4.38. The molecule has 3 rings (SSSR count). The van der Waals surface area contributed by atoms with Gasteiger partial charge < -0.3 is 19.6 Å². The molecule has 2 atom stereocenters. The molecule has 1 amide bonds. The second-order valence-corrected chi connectivity index (χ2v) is 6.05. The Balaban J connectivity index is 1.65. The van der Waals surface area contributed by atoms with Crippen LogP contribution in [-0.4, -0.2) is 35.7 Å². The van der Waals surface area contributed by atoms with Crippen LogP contribution in [0.5, 0.6) is 0 Å². The highest BCUT2D eigenvalue weighted by Gasteiger charge is 2.36. The number of ether oxygens (including phenoxy) is 1. The van der Waals surface area contributed by atoms with Crippen molar-refractivity contribution in [1.29, 1.82) is 0 Å². The molecular weight excluding hydrogens is 286 g/mol. The molecular formula is C16H21NO5. The van der Waals surface area contributed by atoms with Gasteiger partial charge in [0.15, 0.2) is 5.76 Å². The predicted molar refractivity (Wildman–Crippen MR) is 78.0 cm³/mol. The quantitative estimate of drug-likeness (QED) is 0.870. The van der Waals surface area contributed by atoms with Crippen LogP contribution in [0.15, 0.2) is 10.5 Å². The maximum Gasteiger partial charge on any atom is 0.339 e. The molecule has 120 valence electrons. The highest BCUT2D eigenvalue weighted by atomic mass is 16.5. The van der Waals surface area contributed by atoms with Gasteiger partial charge in [-0.15, -0.1) is 0 Å². The minimum absolute atomic E-state index is 0.0651. The molecule has 2 aliphatic rings. The van der Waals surface area contributed by atoms with Crippen LogP contribution in [0.25, 0.3) is 0 Å². The van der Waals surface area contributed by atoms with Gasteiger partial charge in [0.2, 0.25) is 0 Å². The third kappa shape index (κ3) is 3.16. The molecule has 1 aliphatic heterocycles. The number of carboxylic acid groups (broad SMARTS) is 1. The van der Waals surface area contributed by atoms with Crippen molar-refractivity contribution in [3.05, 3.63) is 23.2 Å². The van der Waals surface area contributed by atoms with E-state index >= 15 is 0 Å². The fourth-order valence-electron chi connectivity index (χ4n) is 3.00. The van der Waals surface area contributed by atoms with E-state index in [4.69, 9.17) is 14.3 Å². The number of amides is 1. The highest BCUT2D eigenvalue weighted by Crippen LogP contribution is 2.38. The Hall–Kier alpha value is -1.82. The standard InChI is InChI=1S/C16H21NO5/c1-2-12-11(16(19)20)8-14(22-12)15(18)17-10-5-6-21-13(7-10)9-3-4-9/h8-10,13H,2-7H2,1H3,(H,17,18)(H,19,20). The Morgan fingerprint density at radius 1 is 1.36 bits per heavy atom. The lowest BCUT2D eigenvalue weighted by Crippen LogP contribution is -2.42. The van der Waals surface area contributed by atoms with Gasteiger partial charge in [0, 0.05) is 25.1 Å². The van der Waals surface area contributed by atoms with Crippen LogP contribution in [0.2, 0.25) is 0 Å². The van der Waals surface area contributed by atoms with Gasteiger partial charge in [-0.05, 0) is 31.6 Å². The fraction of sp³-hybridized carbons (Fsp3) is 0.625. The summed E-state index contributed by atoms with van der Waals surface area (Å²) in [5, 5.41) is 12.1. The SMILES string of the molecule is CCc1oc(C(=O)NC2CCOC(C3CC3)C2)cc1C(=O)O. The van der Waals surface area contributed by atoms with Crippen molar-refractivity contribution in [3.8, 4) is 0 Å². The number of hydrogen-bond acceptors (Lipinski definition) is 4. The van der Waals surface area contributed by atoms with Crippen LogP contribution in [-0.2, 0) is 11.2 Å². The minimum Gasteiger partial charge on any atom is -0.478 e. The number of hydrogen-bond donors (Lipinski definition) is 2.